The fraction of sp³-hybridized carbons (Fsp3) is 0.0980. The minimum Gasteiger partial charge on any atom is -0.461 e. The van der Waals surface area contributed by atoms with Crippen molar-refractivity contribution in [2.75, 3.05) is 0 Å². The highest BCUT2D eigenvalue weighted by atomic mass is 16.5. The average Bonchev–Trinajstić information content (AvgIpc) is 3.90. The second-order valence-corrected chi connectivity index (χ2v) is 15.6. The van der Waals surface area contributed by atoms with Gasteiger partial charge in [-0.15, -0.1) is 0 Å². The first kappa shape index (κ1) is 30.7. The molecule has 0 bridgehead atoms. The molecule has 55 heavy (non-hydrogen) atoms. The predicted octanol–water partition coefficient (Wildman–Crippen LogP) is 14.2. The van der Waals surface area contributed by atoms with Gasteiger partial charge < -0.3 is 18.1 Å². The molecule has 0 radical (unpaired) electrons. The van der Waals surface area contributed by atoms with E-state index in [0.717, 1.165) is 107 Å². The number of para-hydroxylation sites is 5. The van der Waals surface area contributed by atoms with Gasteiger partial charge in [0.15, 0.2) is 0 Å². The summed E-state index contributed by atoms with van der Waals surface area (Å²) in [5, 5.41) is 6.81. The Balaban J connectivity index is 1.17. The van der Waals surface area contributed by atoms with E-state index in [1.165, 1.54) is 21.9 Å². The van der Waals surface area contributed by atoms with Crippen molar-refractivity contribution in [1.29, 1.82) is 0 Å². The van der Waals surface area contributed by atoms with Crippen molar-refractivity contribution in [2.45, 2.75) is 32.1 Å². The van der Waals surface area contributed by atoms with Crippen LogP contribution in [0.3, 0.4) is 0 Å². The molecular weight excluding hydrogens is 675 g/mol. The molecule has 262 valence electrons. The molecule has 7 aromatic carbocycles. The molecule has 1 aliphatic carbocycles. The van der Waals surface area contributed by atoms with Crippen molar-refractivity contribution >= 4 is 65.7 Å². The monoisotopic (exact) mass is 709 g/mol. The van der Waals surface area contributed by atoms with Crippen LogP contribution in [0.1, 0.15) is 32.3 Å². The predicted molar refractivity (Wildman–Crippen MR) is 225 cm³/mol. The largest absolute Gasteiger partial charge is 0.461 e. The van der Waals surface area contributed by atoms with Gasteiger partial charge in [0.05, 0.1) is 11.0 Å². The maximum atomic E-state index is 6.73. The van der Waals surface area contributed by atoms with E-state index in [4.69, 9.17) is 13.6 Å². The minimum absolute atomic E-state index is 0.212. The van der Waals surface area contributed by atoms with E-state index in [0.29, 0.717) is 0 Å². The van der Waals surface area contributed by atoms with Crippen LogP contribution >= 0.6 is 0 Å². The molecule has 3 aromatic heterocycles. The number of aromatic nitrogens is 1. The third-order valence-corrected chi connectivity index (χ3v) is 12.1. The molecule has 0 saturated heterocycles. The van der Waals surface area contributed by atoms with Crippen molar-refractivity contribution in [3.05, 3.63) is 169 Å². The first-order valence-electron chi connectivity index (χ1n) is 19.1. The summed E-state index contributed by atoms with van der Waals surface area (Å²) < 4.78 is 22.5. The molecule has 4 heterocycles. The van der Waals surface area contributed by atoms with Gasteiger partial charge in [-0.25, -0.2) is 0 Å². The second kappa shape index (κ2) is 11.1. The summed E-state index contributed by atoms with van der Waals surface area (Å²) in [6.45, 7) is 4.66. The molecule has 0 amide bonds. The topological polar surface area (TPSA) is 40.4 Å². The Labute approximate surface area is 317 Å². The van der Waals surface area contributed by atoms with Gasteiger partial charge in [0, 0.05) is 72.1 Å². The number of fused-ring (bicyclic) bond motifs is 10. The van der Waals surface area contributed by atoms with E-state index in [2.05, 4.69) is 158 Å². The van der Waals surface area contributed by atoms with Crippen LogP contribution < -0.4 is 4.74 Å². The van der Waals surface area contributed by atoms with Crippen LogP contribution in [0.2, 0.25) is 0 Å². The SMILES string of the molecule is CC1(C)C2=C(CCC=C2)Oc2cc3c4ccccc4n(-c4cc(-c5cccc6c5oc5ccccc56)cc(-c5cccc6c5oc5ccccc56)c4)c3cc21. The number of allylic oxidation sites excluding steroid dienone is 4. The number of hydrogen-bond donors (Lipinski definition) is 0. The van der Waals surface area contributed by atoms with Crippen molar-refractivity contribution in [1.82, 2.24) is 4.57 Å². The minimum atomic E-state index is -0.212. The lowest BCUT2D eigenvalue weighted by molar-refractivity contribution is 0.352. The lowest BCUT2D eigenvalue weighted by atomic mass is 9.73. The summed E-state index contributed by atoms with van der Waals surface area (Å²) in [6, 6.07) is 49.9. The summed E-state index contributed by atoms with van der Waals surface area (Å²) in [4.78, 5) is 0. The quantitative estimate of drug-likeness (QED) is 0.183. The fourth-order valence-corrected chi connectivity index (χ4v) is 9.43. The lowest BCUT2D eigenvalue weighted by Crippen LogP contribution is -2.28. The number of benzene rings is 7. The molecule has 12 rings (SSSR count). The number of furan rings is 2. The van der Waals surface area contributed by atoms with Crippen LogP contribution in [-0.4, -0.2) is 4.57 Å². The molecule has 0 saturated carbocycles. The Bertz CT molecular complexity index is 3190. The first-order chi connectivity index (χ1) is 27.0. The molecule has 0 N–H and O–H groups in total. The van der Waals surface area contributed by atoms with Gasteiger partial charge in [-0.2, -0.15) is 0 Å². The highest BCUT2D eigenvalue weighted by Crippen LogP contribution is 2.50. The van der Waals surface area contributed by atoms with Gasteiger partial charge in [-0.3, -0.25) is 0 Å². The van der Waals surface area contributed by atoms with Crippen LogP contribution in [0.4, 0.5) is 0 Å². The molecule has 1 aliphatic heterocycles. The maximum absolute atomic E-state index is 6.73. The fourth-order valence-electron chi connectivity index (χ4n) is 9.43. The normalized spacial score (nSPS) is 15.1. The molecule has 0 spiro atoms. The third kappa shape index (κ3) is 4.34. The van der Waals surface area contributed by atoms with E-state index >= 15 is 0 Å². The Morgan fingerprint density at radius 3 is 1.82 bits per heavy atom. The molecule has 4 heteroatoms. The zero-order valence-electron chi connectivity index (χ0n) is 30.5. The average molecular weight is 710 g/mol. The summed E-state index contributed by atoms with van der Waals surface area (Å²) >= 11 is 0. The van der Waals surface area contributed by atoms with Crippen LogP contribution in [0.5, 0.6) is 5.75 Å². The summed E-state index contributed by atoms with van der Waals surface area (Å²) in [6.07, 6.45) is 6.49. The van der Waals surface area contributed by atoms with Gasteiger partial charge in [-0.1, -0.05) is 117 Å². The summed E-state index contributed by atoms with van der Waals surface area (Å²) in [5.41, 5.74) is 13.4. The van der Waals surface area contributed by atoms with Gasteiger partial charge in [0.2, 0.25) is 0 Å². The van der Waals surface area contributed by atoms with Gasteiger partial charge in [0.1, 0.15) is 33.8 Å². The van der Waals surface area contributed by atoms with Gasteiger partial charge in [-0.05, 0) is 66.1 Å². The van der Waals surface area contributed by atoms with Crippen molar-refractivity contribution in [3.63, 3.8) is 0 Å². The van der Waals surface area contributed by atoms with Crippen LogP contribution in [0.15, 0.2) is 172 Å². The Kier molecular flexibility index (Phi) is 6.20. The molecule has 0 atom stereocenters. The molecule has 2 aliphatic rings. The number of rotatable bonds is 3. The van der Waals surface area contributed by atoms with E-state index in [9.17, 15) is 0 Å². The van der Waals surface area contributed by atoms with Crippen LogP contribution in [0, 0.1) is 0 Å². The Morgan fingerprint density at radius 2 is 1.15 bits per heavy atom. The zero-order chi connectivity index (χ0) is 36.4. The highest BCUT2D eigenvalue weighted by molar-refractivity contribution is 6.13. The van der Waals surface area contributed by atoms with E-state index in [1.807, 2.05) is 12.1 Å². The summed E-state index contributed by atoms with van der Waals surface area (Å²) in [5.74, 6) is 2.05. The summed E-state index contributed by atoms with van der Waals surface area (Å²) in [7, 11) is 0. The molecule has 0 fully saturated rings. The molecular formula is C51H35NO3. The first-order valence-corrected chi connectivity index (χ1v) is 19.1. The molecule has 4 nitrogen and oxygen atoms in total. The van der Waals surface area contributed by atoms with E-state index in [-0.39, 0.29) is 5.41 Å². The number of ether oxygens (including phenoxy) is 1. The lowest BCUT2D eigenvalue weighted by Gasteiger charge is -2.37. The Hall–Kier alpha value is -6.78. The maximum Gasteiger partial charge on any atom is 0.143 e. The standard InChI is InChI=1S/C51H35NO3/c1-51(2)41-20-6-10-24-47(41)53-48-28-40-35-13-3-7-21-43(35)52(44(40)29-42(48)51)32-26-30(33-16-11-18-38-36-14-4-8-22-45(36)54-49(33)38)25-31(27-32)34-17-12-19-39-37-15-5-9-23-46(37)55-50(34)39/h3-9,11-23,25-29H,10,24H2,1-2H3. The van der Waals surface area contributed by atoms with Crippen LogP contribution in [0.25, 0.3) is 93.6 Å². The molecule has 0 unspecified atom stereocenters. The van der Waals surface area contributed by atoms with Crippen molar-refractivity contribution in [2.24, 2.45) is 0 Å². The highest BCUT2D eigenvalue weighted by Gasteiger charge is 2.37. The number of nitrogens with zero attached hydrogens (tertiary/aromatic N) is 1. The second-order valence-electron chi connectivity index (χ2n) is 15.6. The Morgan fingerprint density at radius 1 is 0.545 bits per heavy atom. The van der Waals surface area contributed by atoms with Gasteiger partial charge in [0.25, 0.3) is 0 Å². The number of hydrogen-bond acceptors (Lipinski definition) is 3. The zero-order valence-corrected chi connectivity index (χ0v) is 30.5. The van der Waals surface area contributed by atoms with Crippen LogP contribution in [-0.2, 0) is 5.41 Å². The molecule has 10 aromatic rings. The van der Waals surface area contributed by atoms with E-state index < -0.39 is 0 Å². The van der Waals surface area contributed by atoms with Gasteiger partial charge >= 0.3 is 0 Å². The van der Waals surface area contributed by atoms with E-state index in [1.54, 1.807) is 0 Å². The third-order valence-electron chi connectivity index (χ3n) is 12.1. The smallest absolute Gasteiger partial charge is 0.143 e. The van der Waals surface area contributed by atoms with Crippen molar-refractivity contribution in [3.8, 4) is 33.7 Å². The van der Waals surface area contributed by atoms with Crippen molar-refractivity contribution < 1.29 is 13.6 Å².